The van der Waals surface area contributed by atoms with Gasteiger partial charge in [0, 0.05) is 43.4 Å². The molecule has 38 heavy (non-hydrogen) atoms. The molecule has 10 nitrogen and oxygen atoms in total. The average molecular weight is 539 g/mol. The van der Waals surface area contributed by atoms with Crippen LogP contribution in [0.3, 0.4) is 0 Å². The Morgan fingerprint density at radius 1 is 0.816 bits per heavy atom. The second-order valence-electron chi connectivity index (χ2n) is 7.35. The third-order valence-electron chi connectivity index (χ3n) is 4.57. The van der Waals surface area contributed by atoms with Crippen LogP contribution in [0.4, 0.5) is 26.3 Å². The van der Waals surface area contributed by atoms with Crippen LogP contribution in [0.1, 0.15) is 34.2 Å². The minimum atomic E-state index is -4.52. The van der Waals surface area contributed by atoms with Crippen LogP contribution in [0.25, 0.3) is 17.7 Å². The number of alkyl halides is 6. The zero-order chi connectivity index (χ0) is 28.1. The molecule has 0 unspecified atom stereocenters. The van der Waals surface area contributed by atoms with Gasteiger partial charge < -0.3 is 0 Å². The van der Waals surface area contributed by atoms with E-state index in [1.807, 2.05) is 0 Å². The van der Waals surface area contributed by atoms with E-state index in [0.717, 1.165) is 33.9 Å². The highest BCUT2D eigenvalue weighted by Gasteiger charge is 2.34. The number of aromatic nitrogens is 6. The maximum atomic E-state index is 12.4. The zero-order valence-corrected chi connectivity index (χ0v) is 19.1. The minimum Gasteiger partial charge on any atom is -0.298 e. The van der Waals surface area contributed by atoms with Gasteiger partial charge in [0.25, 0.3) is 0 Å². The van der Waals surface area contributed by atoms with Crippen molar-refractivity contribution in [1.82, 2.24) is 29.5 Å². The standard InChI is InChI=1S/C12H9F3N4O2.C10H6F3N3O/c1-8(19(20)21)6-9-2-3-11(16-7-9)18-5-4-10(17-18)12(13,14)15;11-10(12,13)8-3-4-16(15-8)9-2-1-7(6-17)5-14-9/h2-7H,1H3;1-6H. The van der Waals surface area contributed by atoms with E-state index in [1.165, 1.54) is 49.7 Å². The summed E-state index contributed by atoms with van der Waals surface area (Å²) < 4.78 is 76.2. The molecular formula is C22H15F6N7O3. The first-order valence-electron chi connectivity index (χ1n) is 10.2. The Morgan fingerprint density at radius 3 is 1.58 bits per heavy atom. The molecule has 4 aromatic heterocycles. The first kappa shape index (κ1) is 27.7. The van der Waals surface area contributed by atoms with Crippen LogP contribution < -0.4 is 0 Å². The largest absolute Gasteiger partial charge is 0.435 e. The van der Waals surface area contributed by atoms with Crippen LogP contribution in [0.2, 0.25) is 0 Å². The smallest absolute Gasteiger partial charge is 0.298 e. The molecule has 0 saturated carbocycles. The van der Waals surface area contributed by atoms with E-state index in [-0.39, 0.29) is 17.3 Å². The molecule has 198 valence electrons. The van der Waals surface area contributed by atoms with Crippen LogP contribution in [0.15, 0.2) is 66.9 Å². The molecule has 0 saturated heterocycles. The van der Waals surface area contributed by atoms with Gasteiger partial charge in [-0.15, -0.1) is 0 Å². The Morgan fingerprint density at radius 2 is 1.26 bits per heavy atom. The lowest BCUT2D eigenvalue weighted by Gasteiger charge is -2.02. The van der Waals surface area contributed by atoms with Crippen molar-refractivity contribution in [2.75, 3.05) is 0 Å². The minimum absolute atomic E-state index is 0.0667. The third-order valence-corrected chi connectivity index (χ3v) is 4.57. The summed E-state index contributed by atoms with van der Waals surface area (Å²) in [6, 6.07) is 7.49. The Kier molecular flexibility index (Phi) is 8.03. The summed E-state index contributed by atoms with van der Waals surface area (Å²) in [5.41, 5.74) is -1.26. The van der Waals surface area contributed by atoms with E-state index < -0.39 is 28.7 Å². The van der Waals surface area contributed by atoms with Gasteiger partial charge in [0.2, 0.25) is 5.70 Å². The number of nitro groups is 1. The van der Waals surface area contributed by atoms with Crippen LogP contribution >= 0.6 is 0 Å². The van der Waals surface area contributed by atoms with Gasteiger partial charge in [-0.25, -0.2) is 19.3 Å². The lowest BCUT2D eigenvalue weighted by molar-refractivity contribution is -0.422. The highest BCUT2D eigenvalue weighted by atomic mass is 19.4. The summed E-state index contributed by atoms with van der Waals surface area (Å²) in [4.78, 5) is 28.1. The molecule has 4 aromatic rings. The average Bonchev–Trinajstić information content (AvgIpc) is 3.55. The molecule has 0 N–H and O–H groups in total. The van der Waals surface area contributed by atoms with Crippen molar-refractivity contribution >= 4 is 12.4 Å². The molecule has 0 aliphatic carbocycles. The molecule has 0 aliphatic rings. The number of aldehydes is 1. The third kappa shape index (κ3) is 7.08. The number of hydrogen-bond donors (Lipinski definition) is 0. The molecule has 4 heterocycles. The Balaban J connectivity index is 0.000000215. The monoisotopic (exact) mass is 539 g/mol. The Labute approximate surface area is 209 Å². The Bertz CT molecular complexity index is 1440. The lowest BCUT2D eigenvalue weighted by Crippen LogP contribution is -2.07. The number of allylic oxidation sites excluding steroid dienone is 1. The molecule has 0 spiro atoms. The molecule has 0 aromatic carbocycles. The second kappa shape index (κ2) is 11.0. The van der Waals surface area contributed by atoms with Crippen molar-refractivity contribution in [3.05, 3.63) is 99.5 Å². The SMILES string of the molecule is CC(=Cc1ccc(-n2ccc(C(F)(F)F)n2)nc1)[N+](=O)[O-].O=Cc1ccc(-n2ccc(C(F)(F)F)n2)nc1. The van der Waals surface area contributed by atoms with Gasteiger partial charge in [-0.05, 0) is 42.0 Å². The summed E-state index contributed by atoms with van der Waals surface area (Å²) in [5, 5.41) is 17.2. The number of rotatable bonds is 5. The van der Waals surface area contributed by atoms with Crippen molar-refractivity contribution in [3.63, 3.8) is 0 Å². The number of carbonyl (C=O) groups excluding carboxylic acids is 1. The van der Waals surface area contributed by atoms with Crippen LogP contribution in [-0.2, 0) is 12.4 Å². The Hall–Kier alpha value is -4.89. The highest BCUT2D eigenvalue weighted by molar-refractivity contribution is 5.74. The summed E-state index contributed by atoms with van der Waals surface area (Å²) in [6.45, 7) is 1.33. The van der Waals surface area contributed by atoms with E-state index in [9.17, 15) is 41.3 Å². The molecule has 0 atom stereocenters. The number of hydrogen-bond acceptors (Lipinski definition) is 7. The normalized spacial score (nSPS) is 12.0. The summed E-state index contributed by atoms with van der Waals surface area (Å²) >= 11 is 0. The molecule has 0 radical (unpaired) electrons. The molecule has 4 rings (SSSR count). The topological polar surface area (TPSA) is 122 Å². The first-order chi connectivity index (χ1) is 17.8. The van der Waals surface area contributed by atoms with Crippen molar-refractivity contribution < 1.29 is 36.1 Å². The molecular weight excluding hydrogens is 524 g/mol. The van der Waals surface area contributed by atoms with Gasteiger partial charge in [-0.2, -0.15) is 36.5 Å². The van der Waals surface area contributed by atoms with Gasteiger partial charge in [0.1, 0.15) is 0 Å². The predicted molar refractivity (Wildman–Crippen MR) is 119 cm³/mol. The lowest BCUT2D eigenvalue weighted by atomic mass is 10.2. The fourth-order valence-electron chi connectivity index (χ4n) is 2.72. The van der Waals surface area contributed by atoms with E-state index in [1.54, 1.807) is 0 Å². The first-order valence-corrected chi connectivity index (χ1v) is 10.2. The molecule has 0 bridgehead atoms. The van der Waals surface area contributed by atoms with Crippen molar-refractivity contribution in [3.8, 4) is 11.6 Å². The van der Waals surface area contributed by atoms with E-state index in [4.69, 9.17) is 0 Å². The number of nitrogens with zero attached hydrogens (tertiary/aromatic N) is 7. The summed E-state index contributed by atoms with van der Waals surface area (Å²) in [6.07, 6.45) is -2.21. The number of pyridine rings is 2. The molecule has 0 fully saturated rings. The van der Waals surface area contributed by atoms with Crippen LogP contribution in [-0.4, -0.2) is 40.7 Å². The van der Waals surface area contributed by atoms with E-state index >= 15 is 0 Å². The van der Waals surface area contributed by atoms with Crippen molar-refractivity contribution in [2.45, 2.75) is 19.3 Å². The molecule has 0 amide bonds. The fraction of sp³-hybridized carbons (Fsp3) is 0.136. The number of carbonyl (C=O) groups is 1. The fourth-order valence-corrected chi connectivity index (χ4v) is 2.72. The van der Waals surface area contributed by atoms with Gasteiger partial charge in [-0.3, -0.25) is 14.9 Å². The maximum absolute atomic E-state index is 12.4. The second-order valence-corrected chi connectivity index (χ2v) is 7.35. The van der Waals surface area contributed by atoms with Gasteiger partial charge in [0.15, 0.2) is 29.3 Å². The highest BCUT2D eigenvalue weighted by Crippen LogP contribution is 2.28. The predicted octanol–water partition coefficient (Wildman–Crippen LogP) is 5.02. The number of halogens is 6. The summed E-state index contributed by atoms with van der Waals surface area (Å²) in [5.74, 6) is 0.396. The van der Waals surface area contributed by atoms with E-state index in [0.29, 0.717) is 17.4 Å². The van der Waals surface area contributed by atoms with Crippen molar-refractivity contribution in [1.29, 1.82) is 0 Å². The quantitative estimate of drug-likeness (QED) is 0.151. The van der Waals surface area contributed by atoms with Crippen LogP contribution in [0.5, 0.6) is 0 Å². The van der Waals surface area contributed by atoms with Crippen molar-refractivity contribution in [2.24, 2.45) is 0 Å². The molecule has 16 heteroatoms. The van der Waals surface area contributed by atoms with Gasteiger partial charge >= 0.3 is 12.4 Å². The zero-order valence-electron chi connectivity index (χ0n) is 19.1. The summed E-state index contributed by atoms with van der Waals surface area (Å²) in [7, 11) is 0. The van der Waals surface area contributed by atoms with E-state index in [2.05, 4.69) is 20.2 Å². The maximum Gasteiger partial charge on any atom is 0.435 e. The van der Waals surface area contributed by atoms with Crippen LogP contribution in [0, 0.1) is 10.1 Å². The van der Waals surface area contributed by atoms with Gasteiger partial charge in [-0.1, -0.05) is 0 Å². The van der Waals surface area contributed by atoms with Gasteiger partial charge in [0.05, 0.1) is 4.92 Å². The molecule has 0 aliphatic heterocycles.